The Hall–Kier alpha value is -3.56. The maximum Gasteiger partial charge on any atom is 0.258 e. The van der Waals surface area contributed by atoms with Gasteiger partial charge in [-0.2, -0.15) is 4.98 Å². The van der Waals surface area contributed by atoms with Gasteiger partial charge in [0.05, 0.1) is 31.4 Å². The molecule has 1 saturated heterocycles. The summed E-state index contributed by atoms with van der Waals surface area (Å²) in [6, 6.07) is 4.98. The van der Waals surface area contributed by atoms with Crippen molar-refractivity contribution in [3.63, 3.8) is 0 Å². The summed E-state index contributed by atoms with van der Waals surface area (Å²) in [5.74, 6) is 0.558. The first-order valence-corrected chi connectivity index (χ1v) is 11.0. The number of hydrogen-bond donors (Lipinski definition) is 3. The number of piperidine rings is 1. The molecule has 10 nitrogen and oxygen atoms in total. The standard InChI is InChI=1S/C23H29N5O5/c1-12-7-13(2)11-28(10-12)23-26-20-19(22(31)27-23)15(9-18(29)25-20)21(30)24-16-8-14(32-3)5-6-17(16)33-4/h5-6,8,12-13,15H,7,9-11H2,1-4H3,(H,24,30)(H2,25,26,27,29,31)/t12-,13+,15-/m1/s1. The molecule has 4 rings (SSSR count). The number of rotatable bonds is 5. The minimum Gasteiger partial charge on any atom is -0.497 e. The Morgan fingerprint density at radius 2 is 1.88 bits per heavy atom. The van der Waals surface area contributed by atoms with Gasteiger partial charge in [0.2, 0.25) is 17.8 Å². The molecule has 2 amide bonds. The highest BCUT2D eigenvalue weighted by molar-refractivity contribution is 6.05. The fourth-order valence-electron chi connectivity index (χ4n) is 4.70. The van der Waals surface area contributed by atoms with Gasteiger partial charge in [-0.05, 0) is 30.4 Å². The molecule has 0 bridgehead atoms. The van der Waals surface area contributed by atoms with E-state index in [1.54, 1.807) is 18.2 Å². The lowest BCUT2D eigenvalue weighted by Crippen LogP contribution is -2.42. The van der Waals surface area contributed by atoms with Crippen LogP contribution in [0.25, 0.3) is 0 Å². The third-order valence-corrected chi connectivity index (χ3v) is 6.09. The lowest BCUT2D eigenvalue weighted by atomic mass is 9.91. The van der Waals surface area contributed by atoms with Crippen molar-refractivity contribution in [2.45, 2.75) is 32.6 Å². The average molecular weight is 456 g/mol. The first-order chi connectivity index (χ1) is 15.8. The van der Waals surface area contributed by atoms with Crippen molar-refractivity contribution in [3.05, 3.63) is 34.1 Å². The second-order valence-corrected chi connectivity index (χ2v) is 8.86. The zero-order chi connectivity index (χ0) is 23.7. The summed E-state index contributed by atoms with van der Waals surface area (Å²) in [7, 11) is 3.00. The Kier molecular flexibility index (Phi) is 6.26. The molecule has 0 unspecified atom stereocenters. The number of carbonyl (C=O) groups is 2. The van der Waals surface area contributed by atoms with E-state index in [1.165, 1.54) is 14.2 Å². The number of fused-ring (bicyclic) bond motifs is 1. The van der Waals surface area contributed by atoms with E-state index in [0.717, 1.165) is 19.5 Å². The van der Waals surface area contributed by atoms with Crippen LogP contribution in [0.3, 0.4) is 0 Å². The topological polar surface area (TPSA) is 126 Å². The molecule has 2 aliphatic heterocycles. The third kappa shape index (κ3) is 4.64. The number of nitrogens with zero attached hydrogens (tertiary/aromatic N) is 2. The van der Waals surface area contributed by atoms with Gasteiger partial charge in [-0.25, -0.2) is 0 Å². The summed E-state index contributed by atoms with van der Waals surface area (Å²) >= 11 is 0. The molecule has 3 atom stereocenters. The summed E-state index contributed by atoms with van der Waals surface area (Å²) in [5, 5.41) is 5.44. The van der Waals surface area contributed by atoms with E-state index >= 15 is 0 Å². The molecule has 1 fully saturated rings. The number of anilines is 3. The lowest BCUT2D eigenvalue weighted by Gasteiger charge is -2.35. The zero-order valence-corrected chi connectivity index (χ0v) is 19.2. The Balaban J connectivity index is 1.65. The molecule has 10 heteroatoms. The SMILES string of the molecule is COc1ccc(OC)c(NC(=O)[C@@H]2CC(=O)Nc3nc(N4C[C@H](C)C[C@H](C)C4)[nH]c(=O)c32)c1. The van der Waals surface area contributed by atoms with Crippen molar-refractivity contribution in [2.75, 3.05) is 42.8 Å². The van der Waals surface area contributed by atoms with Crippen LogP contribution in [-0.2, 0) is 9.59 Å². The van der Waals surface area contributed by atoms with Gasteiger partial charge < -0.3 is 25.0 Å². The predicted molar refractivity (Wildman–Crippen MR) is 124 cm³/mol. The fourth-order valence-corrected chi connectivity index (χ4v) is 4.70. The van der Waals surface area contributed by atoms with Gasteiger partial charge in [-0.1, -0.05) is 13.8 Å². The van der Waals surface area contributed by atoms with E-state index < -0.39 is 17.4 Å². The number of benzene rings is 1. The highest BCUT2D eigenvalue weighted by Gasteiger charge is 2.36. The summed E-state index contributed by atoms with van der Waals surface area (Å²) in [6.45, 7) is 5.85. The molecule has 3 heterocycles. The zero-order valence-electron chi connectivity index (χ0n) is 19.2. The average Bonchev–Trinajstić information content (AvgIpc) is 2.77. The highest BCUT2D eigenvalue weighted by atomic mass is 16.5. The van der Waals surface area contributed by atoms with Crippen LogP contribution >= 0.6 is 0 Å². The van der Waals surface area contributed by atoms with Crippen molar-refractivity contribution >= 4 is 29.3 Å². The number of methoxy groups -OCH3 is 2. The van der Waals surface area contributed by atoms with Crippen LogP contribution in [0.15, 0.2) is 23.0 Å². The Bertz CT molecular complexity index is 1120. The van der Waals surface area contributed by atoms with Gasteiger partial charge >= 0.3 is 0 Å². The monoisotopic (exact) mass is 455 g/mol. The largest absolute Gasteiger partial charge is 0.497 e. The predicted octanol–water partition coefficient (Wildman–Crippen LogP) is 2.33. The molecule has 0 spiro atoms. The number of nitrogens with one attached hydrogen (secondary N) is 3. The summed E-state index contributed by atoms with van der Waals surface area (Å²) in [6.07, 6.45) is 0.950. The Morgan fingerprint density at radius 1 is 1.15 bits per heavy atom. The van der Waals surface area contributed by atoms with Gasteiger partial charge in [-0.3, -0.25) is 19.4 Å². The molecule has 0 aliphatic carbocycles. The normalized spacial score (nSPS) is 22.2. The molecular weight excluding hydrogens is 426 g/mol. The van der Waals surface area contributed by atoms with Crippen molar-refractivity contribution in [2.24, 2.45) is 11.8 Å². The quantitative estimate of drug-likeness (QED) is 0.632. The van der Waals surface area contributed by atoms with E-state index in [0.29, 0.717) is 35.0 Å². The first-order valence-electron chi connectivity index (χ1n) is 11.0. The van der Waals surface area contributed by atoms with Crippen molar-refractivity contribution in [1.29, 1.82) is 0 Å². The van der Waals surface area contributed by atoms with Gasteiger partial charge in [0.25, 0.3) is 5.56 Å². The van der Waals surface area contributed by atoms with Crippen LogP contribution in [0, 0.1) is 11.8 Å². The number of amides is 2. The Morgan fingerprint density at radius 3 is 2.55 bits per heavy atom. The highest BCUT2D eigenvalue weighted by Crippen LogP contribution is 2.34. The molecule has 1 aromatic heterocycles. The van der Waals surface area contributed by atoms with Crippen LogP contribution in [0.1, 0.15) is 38.2 Å². The number of hydrogen-bond acceptors (Lipinski definition) is 7. The van der Waals surface area contributed by atoms with Gasteiger partial charge in [0.15, 0.2) is 0 Å². The van der Waals surface area contributed by atoms with Crippen LogP contribution in [0.5, 0.6) is 11.5 Å². The van der Waals surface area contributed by atoms with Crippen molar-refractivity contribution in [1.82, 2.24) is 9.97 Å². The molecule has 176 valence electrons. The van der Waals surface area contributed by atoms with Gasteiger partial charge in [-0.15, -0.1) is 0 Å². The van der Waals surface area contributed by atoms with Gasteiger partial charge in [0.1, 0.15) is 17.3 Å². The number of aromatic amines is 1. The summed E-state index contributed by atoms with van der Waals surface area (Å²) in [4.78, 5) is 48.1. The number of ether oxygens (including phenoxy) is 2. The van der Waals surface area contributed by atoms with Gasteiger partial charge in [0, 0.05) is 25.6 Å². The maximum atomic E-state index is 13.2. The van der Waals surface area contributed by atoms with Crippen molar-refractivity contribution < 1.29 is 19.1 Å². The number of carbonyl (C=O) groups excluding carboxylic acids is 2. The molecule has 0 radical (unpaired) electrons. The first kappa shape index (κ1) is 22.6. The maximum absolute atomic E-state index is 13.2. The second-order valence-electron chi connectivity index (χ2n) is 8.86. The smallest absolute Gasteiger partial charge is 0.258 e. The van der Waals surface area contributed by atoms with E-state index in [2.05, 4.69) is 34.4 Å². The summed E-state index contributed by atoms with van der Waals surface area (Å²) < 4.78 is 10.5. The molecule has 1 aromatic carbocycles. The van der Waals surface area contributed by atoms with E-state index in [4.69, 9.17) is 9.47 Å². The van der Waals surface area contributed by atoms with Crippen molar-refractivity contribution in [3.8, 4) is 11.5 Å². The molecule has 3 N–H and O–H groups in total. The minimum atomic E-state index is -0.992. The molecular formula is C23H29N5O5. The second kappa shape index (κ2) is 9.13. The van der Waals surface area contributed by atoms with Crippen LogP contribution < -0.4 is 30.6 Å². The molecule has 33 heavy (non-hydrogen) atoms. The van der Waals surface area contributed by atoms with E-state index in [1.807, 2.05) is 4.90 Å². The fraction of sp³-hybridized carbons (Fsp3) is 0.478. The van der Waals surface area contributed by atoms with Crippen LogP contribution in [0.2, 0.25) is 0 Å². The Labute approximate surface area is 191 Å². The lowest BCUT2D eigenvalue weighted by molar-refractivity contribution is -0.123. The molecule has 0 saturated carbocycles. The minimum absolute atomic E-state index is 0.133. The number of H-pyrrole nitrogens is 1. The van der Waals surface area contributed by atoms with Crippen LogP contribution in [0.4, 0.5) is 17.5 Å². The summed E-state index contributed by atoms with van der Waals surface area (Å²) in [5.41, 5.74) is 0.0983. The molecule has 2 aromatic rings. The van der Waals surface area contributed by atoms with E-state index in [-0.39, 0.29) is 23.7 Å². The third-order valence-electron chi connectivity index (χ3n) is 6.09. The number of aromatic nitrogens is 2. The molecule has 2 aliphatic rings. The van der Waals surface area contributed by atoms with E-state index in [9.17, 15) is 14.4 Å². The van der Waals surface area contributed by atoms with Crippen LogP contribution in [-0.4, -0.2) is 49.1 Å².